The zero-order valence-corrected chi connectivity index (χ0v) is 35.4. The van der Waals surface area contributed by atoms with Crippen LogP contribution < -0.4 is 0 Å². The van der Waals surface area contributed by atoms with E-state index in [2.05, 4.69) is 241 Å². The second kappa shape index (κ2) is 15.0. The van der Waals surface area contributed by atoms with Crippen LogP contribution in [0.4, 0.5) is 0 Å². The third-order valence-electron chi connectivity index (χ3n) is 13.2. The molecule has 0 saturated carbocycles. The monoisotopic (exact) mass is 825 g/mol. The minimum absolute atomic E-state index is 0.696. The molecule has 3 nitrogen and oxygen atoms in total. The van der Waals surface area contributed by atoms with Crippen molar-refractivity contribution in [2.75, 3.05) is 0 Å². The summed E-state index contributed by atoms with van der Waals surface area (Å²) < 4.78 is 2.46. The molecule has 0 aliphatic carbocycles. The minimum Gasteiger partial charge on any atom is -0.309 e. The number of hydrogen-bond acceptors (Lipinski definition) is 2. The molecule has 13 rings (SSSR count). The summed E-state index contributed by atoms with van der Waals surface area (Å²) in [5, 5.41) is 10.6. The fraction of sp³-hybridized carbons (Fsp3) is 0. The maximum Gasteiger partial charge on any atom is 0.161 e. The van der Waals surface area contributed by atoms with Crippen LogP contribution in [0.3, 0.4) is 0 Å². The van der Waals surface area contributed by atoms with Crippen molar-refractivity contribution in [3.8, 4) is 61.7 Å². The normalized spacial score (nSPS) is 11.7. The first-order valence-corrected chi connectivity index (χ1v) is 22.2. The van der Waals surface area contributed by atoms with E-state index in [9.17, 15) is 0 Å². The highest BCUT2D eigenvalue weighted by molar-refractivity contribution is 6.18. The SMILES string of the molecule is c1ccc(-c2ccc(-c3ccc4nc(-c5ccc(-n6c7cc8ccccc8cc7c7cc8ccccc8cc76)c6ccccc56)nc(-c5ccc(-c6ccccc6)cc5)c4c3)cc2)cc1. The minimum atomic E-state index is 0.696. The summed E-state index contributed by atoms with van der Waals surface area (Å²) >= 11 is 0. The average Bonchev–Trinajstić information content (AvgIpc) is 3.68. The highest BCUT2D eigenvalue weighted by atomic mass is 15.0. The van der Waals surface area contributed by atoms with E-state index < -0.39 is 0 Å². The Balaban J connectivity index is 1.00. The lowest BCUT2D eigenvalue weighted by molar-refractivity contribution is 1.20. The van der Waals surface area contributed by atoms with Crippen LogP contribution in [0, 0.1) is 0 Å². The fourth-order valence-corrected chi connectivity index (χ4v) is 9.91. The van der Waals surface area contributed by atoms with E-state index in [4.69, 9.17) is 9.97 Å². The number of fused-ring (bicyclic) bond motifs is 7. The predicted molar refractivity (Wildman–Crippen MR) is 274 cm³/mol. The molecule has 0 N–H and O–H groups in total. The van der Waals surface area contributed by atoms with Gasteiger partial charge >= 0.3 is 0 Å². The molecule has 2 heterocycles. The van der Waals surface area contributed by atoms with Gasteiger partial charge < -0.3 is 4.57 Å². The summed E-state index contributed by atoms with van der Waals surface area (Å²) in [4.78, 5) is 10.9. The van der Waals surface area contributed by atoms with Crippen molar-refractivity contribution >= 4 is 65.0 Å². The number of hydrogen-bond donors (Lipinski definition) is 0. The van der Waals surface area contributed by atoms with Gasteiger partial charge in [-0.15, -0.1) is 0 Å². The Morgan fingerprint density at radius 2 is 0.723 bits per heavy atom. The van der Waals surface area contributed by atoms with Crippen LogP contribution in [-0.4, -0.2) is 14.5 Å². The Kier molecular flexibility index (Phi) is 8.53. The molecule has 0 unspecified atom stereocenters. The van der Waals surface area contributed by atoms with Crippen LogP contribution >= 0.6 is 0 Å². The van der Waals surface area contributed by atoms with Crippen molar-refractivity contribution in [1.82, 2.24) is 14.5 Å². The molecule has 11 aromatic carbocycles. The van der Waals surface area contributed by atoms with Crippen molar-refractivity contribution < 1.29 is 0 Å². The standard InChI is InChI=1S/C62H39N3/c1-3-13-40(14-4-1)42-23-25-44(26-24-42)50-31-33-57-56(37-50)61(45-29-27-43(28-30-45)41-15-5-2-6-16-41)64-62(63-57)53-32-34-58(52-22-12-11-21-51(52)53)65-59-38-48-19-9-7-17-46(48)35-54(59)55-36-47-18-8-10-20-49(47)39-60(55)65/h1-39H. The molecular formula is C62H39N3. The summed E-state index contributed by atoms with van der Waals surface area (Å²) in [6, 6.07) is 85.3. The van der Waals surface area contributed by atoms with Gasteiger partial charge in [0.2, 0.25) is 0 Å². The summed E-state index contributed by atoms with van der Waals surface area (Å²) in [5.41, 5.74) is 14.3. The second-order valence-corrected chi connectivity index (χ2v) is 17.0. The lowest BCUT2D eigenvalue weighted by Gasteiger charge is -2.16. The predicted octanol–water partition coefficient (Wildman–Crippen LogP) is 16.5. The van der Waals surface area contributed by atoms with Gasteiger partial charge in [0, 0.05) is 32.7 Å². The molecule has 3 heteroatoms. The van der Waals surface area contributed by atoms with E-state index in [1.54, 1.807) is 0 Å². The first kappa shape index (κ1) is 36.9. The van der Waals surface area contributed by atoms with Crippen LogP contribution in [0.25, 0.3) is 127 Å². The molecule has 0 bridgehead atoms. The van der Waals surface area contributed by atoms with Gasteiger partial charge in [-0.25, -0.2) is 9.97 Å². The third-order valence-corrected chi connectivity index (χ3v) is 13.2. The Bertz CT molecular complexity index is 3870. The average molecular weight is 826 g/mol. The molecule has 0 amide bonds. The maximum atomic E-state index is 5.53. The molecule has 0 atom stereocenters. The summed E-state index contributed by atoms with van der Waals surface area (Å²) in [5.74, 6) is 0.696. The van der Waals surface area contributed by atoms with E-state index in [1.165, 1.54) is 65.6 Å². The topological polar surface area (TPSA) is 30.7 Å². The van der Waals surface area contributed by atoms with E-state index in [0.717, 1.165) is 55.3 Å². The van der Waals surface area contributed by atoms with Crippen LogP contribution in [-0.2, 0) is 0 Å². The van der Waals surface area contributed by atoms with Crippen molar-refractivity contribution in [1.29, 1.82) is 0 Å². The van der Waals surface area contributed by atoms with Crippen LogP contribution in [0.15, 0.2) is 237 Å². The Labute approximate surface area is 376 Å². The molecule has 65 heavy (non-hydrogen) atoms. The van der Waals surface area contributed by atoms with E-state index >= 15 is 0 Å². The molecule has 0 aliphatic heterocycles. The van der Waals surface area contributed by atoms with E-state index in [-0.39, 0.29) is 0 Å². The lowest BCUT2D eigenvalue weighted by atomic mass is 9.96. The summed E-state index contributed by atoms with van der Waals surface area (Å²) in [7, 11) is 0. The summed E-state index contributed by atoms with van der Waals surface area (Å²) in [6.45, 7) is 0. The van der Waals surface area contributed by atoms with Crippen molar-refractivity contribution in [2.45, 2.75) is 0 Å². The first-order valence-electron chi connectivity index (χ1n) is 22.2. The van der Waals surface area contributed by atoms with Gasteiger partial charge in [0.15, 0.2) is 5.82 Å². The zero-order chi connectivity index (χ0) is 42.8. The van der Waals surface area contributed by atoms with Gasteiger partial charge in [-0.1, -0.05) is 188 Å². The fourth-order valence-electron chi connectivity index (χ4n) is 9.91. The van der Waals surface area contributed by atoms with Gasteiger partial charge in [-0.05, 0) is 109 Å². The molecular weight excluding hydrogens is 787 g/mol. The van der Waals surface area contributed by atoms with Gasteiger partial charge in [0.05, 0.1) is 27.9 Å². The van der Waals surface area contributed by atoms with E-state index in [0.29, 0.717) is 5.82 Å². The zero-order valence-electron chi connectivity index (χ0n) is 35.4. The molecule has 0 aliphatic rings. The third kappa shape index (κ3) is 6.28. The number of rotatable bonds is 6. The smallest absolute Gasteiger partial charge is 0.161 e. The quantitative estimate of drug-likeness (QED) is 0.167. The molecule has 0 fully saturated rings. The first-order chi connectivity index (χ1) is 32.2. The molecule has 0 saturated heterocycles. The number of aromatic nitrogens is 3. The van der Waals surface area contributed by atoms with Crippen molar-refractivity contribution in [3.63, 3.8) is 0 Å². The molecule has 302 valence electrons. The Morgan fingerprint density at radius 3 is 1.29 bits per heavy atom. The van der Waals surface area contributed by atoms with Crippen molar-refractivity contribution in [3.05, 3.63) is 237 Å². The molecule has 2 aromatic heterocycles. The largest absolute Gasteiger partial charge is 0.309 e. The lowest BCUT2D eigenvalue weighted by Crippen LogP contribution is -1.99. The second-order valence-electron chi connectivity index (χ2n) is 17.0. The summed E-state index contributed by atoms with van der Waals surface area (Å²) in [6.07, 6.45) is 0. The van der Waals surface area contributed by atoms with Gasteiger partial charge in [0.25, 0.3) is 0 Å². The van der Waals surface area contributed by atoms with Crippen LogP contribution in [0.2, 0.25) is 0 Å². The number of benzene rings is 11. The Hall–Kier alpha value is -8.66. The number of nitrogens with zero attached hydrogens (tertiary/aromatic N) is 3. The van der Waals surface area contributed by atoms with Crippen LogP contribution in [0.5, 0.6) is 0 Å². The van der Waals surface area contributed by atoms with Gasteiger partial charge in [0.1, 0.15) is 0 Å². The highest BCUT2D eigenvalue weighted by Gasteiger charge is 2.20. The van der Waals surface area contributed by atoms with Gasteiger partial charge in [-0.2, -0.15) is 0 Å². The highest BCUT2D eigenvalue weighted by Crippen LogP contribution is 2.41. The molecule has 0 radical (unpaired) electrons. The van der Waals surface area contributed by atoms with Crippen molar-refractivity contribution in [2.24, 2.45) is 0 Å². The molecule has 13 aromatic rings. The van der Waals surface area contributed by atoms with Crippen LogP contribution in [0.1, 0.15) is 0 Å². The Morgan fingerprint density at radius 1 is 0.277 bits per heavy atom. The van der Waals surface area contributed by atoms with E-state index in [1.807, 2.05) is 0 Å². The maximum absolute atomic E-state index is 5.53. The van der Waals surface area contributed by atoms with Gasteiger partial charge in [-0.3, -0.25) is 0 Å². The molecule has 0 spiro atoms.